The third-order valence-electron chi connectivity index (χ3n) is 5.48. The van der Waals surface area contributed by atoms with Crippen molar-refractivity contribution in [2.24, 2.45) is 0 Å². The summed E-state index contributed by atoms with van der Waals surface area (Å²) in [5.41, 5.74) is 8.58. The van der Waals surface area contributed by atoms with Crippen molar-refractivity contribution in [1.82, 2.24) is 0 Å². The molecule has 2 aromatic rings. The average Bonchev–Trinajstić information content (AvgIpc) is 2.63. The Balaban J connectivity index is 1.96. The SMILES string of the molecule is CC(=CCCC=C(C)c1ccc(C(C)(C)C)cc1)c1ccc(C(C)(C)C)cc1. The molecule has 0 saturated heterocycles. The summed E-state index contributed by atoms with van der Waals surface area (Å²) in [5, 5.41) is 0. The molecule has 0 heterocycles. The molecule has 2 rings (SSSR count). The Kier molecular flexibility index (Phi) is 7.10. The van der Waals surface area contributed by atoms with E-state index in [1.54, 1.807) is 0 Å². The molecule has 0 aromatic heterocycles. The number of hydrogen-bond acceptors (Lipinski definition) is 0. The Bertz CT molecular complexity index is 740. The average molecular weight is 375 g/mol. The van der Waals surface area contributed by atoms with Gasteiger partial charge in [-0.2, -0.15) is 0 Å². The van der Waals surface area contributed by atoms with Crippen LogP contribution in [0.4, 0.5) is 0 Å². The lowest BCUT2D eigenvalue weighted by molar-refractivity contribution is 0.590. The Labute approximate surface area is 173 Å². The third-order valence-corrected chi connectivity index (χ3v) is 5.48. The first-order chi connectivity index (χ1) is 13.0. The molecule has 0 unspecified atom stereocenters. The molecule has 0 aliphatic heterocycles. The highest BCUT2D eigenvalue weighted by atomic mass is 14.2. The summed E-state index contributed by atoms with van der Waals surface area (Å²) in [6, 6.07) is 18.1. The Morgan fingerprint density at radius 2 is 0.857 bits per heavy atom. The number of unbranched alkanes of at least 4 members (excludes halogenated alkanes) is 1. The highest BCUT2D eigenvalue weighted by molar-refractivity contribution is 5.65. The van der Waals surface area contributed by atoms with E-state index in [-0.39, 0.29) is 10.8 Å². The first-order valence-corrected chi connectivity index (χ1v) is 10.5. The molecule has 150 valence electrons. The fourth-order valence-corrected chi connectivity index (χ4v) is 3.30. The summed E-state index contributed by atoms with van der Waals surface area (Å²) >= 11 is 0. The molecule has 0 radical (unpaired) electrons. The zero-order chi connectivity index (χ0) is 20.9. The van der Waals surface area contributed by atoms with Gasteiger partial charge in [-0.25, -0.2) is 0 Å². The van der Waals surface area contributed by atoms with Gasteiger partial charge in [0.2, 0.25) is 0 Å². The van der Waals surface area contributed by atoms with E-state index in [1.165, 1.54) is 33.4 Å². The van der Waals surface area contributed by atoms with E-state index >= 15 is 0 Å². The van der Waals surface area contributed by atoms with Gasteiger partial charge in [0, 0.05) is 0 Å². The van der Waals surface area contributed by atoms with Crippen molar-refractivity contribution < 1.29 is 0 Å². The van der Waals surface area contributed by atoms with Gasteiger partial charge >= 0.3 is 0 Å². The van der Waals surface area contributed by atoms with Crippen molar-refractivity contribution in [2.75, 3.05) is 0 Å². The molecule has 2 aromatic carbocycles. The summed E-state index contributed by atoms with van der Waals surface area (Å²) in [4.78, 5) is 0. The number of rotatable bonds is 5. The molecule has 0 bridgehead atoms. The molecule has 0 nitrogen and oxygen atoms in total. The van der Waals surface area contributed by atoms with E-state index in [1.807, 2.05) is 0 Å². The monoisotopic (exact) mass is 374 g/mol. The highest BCUT2D eigenvalue weighted by Crippen LogP contribution is 2.26. The van der Waals surface area contributed by atoms with Gasteiger partial charge < -0.3 is 0 Å². The van der Waals surface area contributed by atoms with Crippen LogP contribution in [0.3, 0.4) is 0 Å². The van der Waals surface area contributed by atoms with E-state index in [4.69, 9.17) is 0 Å². The van der Waals surface area contributed by atoms with E-state index < -0.39 is 0 Å². The largest absolute Gasteiger partial charge is 0.0807 e. The van der Waals surface area contributed by atoms with Crippen LogP contribution in [-0.4, -0.2) is 0 Å². The number of allylic oxidation sites excluding steroid dienone is 4. The van der Waals surface area contributed by atoms with Gasteiger partial charge in [0.05, 0.1) is 0 Å². The van der Waals surface area contributed by atoms with E-state index in [0.29, 0.717) is 0 Å². The zero-order valence-electron chi connectivity index (χ0n) is 19.2. The first kappa shape index (κ1) is 22.2. The van der Waals surface area contributed by atoms with Crippen molar-refractivity contribution in [2.45, 2.75) is 79.1 Å². The van der Waals surface area contributed by atoms with Crippen molar-refractivity contribution >= 4 is 11.1 Å². The van der Waals surface area contributed by atoms with Crippen molar-refractivity contribution in [1.29, 1.82) is 0 Å². The number of hydrogen-bond donors (Lipinski definition) is 0. The zero-order valence-corrected chi connectivity index (χ0v) is 19.2. The molecular weight excluding hydrogens is 336 g/mol. The second kappa shape index (κ2) is 8.95. The third kappa shape index (κ3) is 6.23. The van der Waals surface area contributed by atoms with Crippen LogP contribution in [0.5, 0.6) is 0 Å². The first-order valence-electron chi connectivity index (χ1n) is 10.5. The standard InChI is InChI=1S/C28H38/c1-21(23-13-17-25(18-14-23)27(3,4)5)11-9-10-12-22(2)24-15-19-26(20-16-24)28(6,7)8/h11-20H,9-10H2,1-8H3. The van der Waals surface area contributed by atoms with Crippen LogP contribution in [0.25, 0.3) is 11.1 Å². The summed E-state index contributed by atoms with van der Waals surface area (Å²) in [7, 11) is 0. The van der Waals surface area contributed by atoms with Crippen molar-refractivity contribution in [3.8, 4) is 0 Å². The van der Waals surface area contributed by atoms with E-state index in [9.17, 15) is 0 Å². The number of benzene rings is 2. The topological polar surface area (TPSA) is 0 Å². The maximum atomic E-state index is 2.36. The van der Waals surface area contributed by atoms with Crippen LogP contribution in [0.15, 0.2) is 60.7 Å². The summed E-state index contributed by atoms with van der Waals surface area (Å²) < 4.78 is 0. The fraction of sp³-hybridized carbons (Fsp3) is 0.429. The van der Waals surface area contributed by atoms with Gasteiger partial charge in [0.1, 0.15) is 0 Å². The Hall–Kier alpha value is -2.08. The van der Waals surface area contributed by atoms with E-state index in [0.717, 1.165) is 12.8 Å². The quantitative estimate of drug-likeness (QED) is 0.460. The molecule has 0 N–H and O–H groups in total. The molecule has 28 heavy (non-hydrogen) atoms. The van der Waals surface area contributed by atoms with Crippen LogP contribution < -0.4 is 0 Å². The maximum Gasteiger partial charge on any atom is -0.0132 e. The minimum atomic E-state index is 0.212. The van der Waals surface area contributed by atoms with Crippen LogP contribution in [0.2, 0.25) is 0 Å². The lowest BCUT2D eigenvalue weighted by Crippen LogP contribution is -2.10. The minimum Gasteiger partial charge on any atom is -0.0807 e. The molecule has 0 heteroatoms. The summed E-state index contributed by atoms with van der Waals surface area (Å²) in [6.07, 6.45) is 6.87. The molecule has 0 amide bonds. The Morgan fingerprint density at radius 1 is 0.571 bits per heavy atom. The second-order valence-electron chi connectivity index (χ2n) is 10.0. The molecule has 0 aliphatic carbocycles. The van der Waals surface area contributed by atoms with Crippen LogP contribution in [0, 0.1) is 0 Å². The molecule has 0 atom stereocenters. The molecular formula is C28H38. The second-order valence-corrected chi connectivity index (χ2v) is 10.0. The van der Waals surface area contributed by atoms with E-state index in [2.05, 4.69) is 116 Å². The lowest BCUT2D eigenvalue weighted by atomic mass is 9.86. The summed E-state index contributed by atoms with van der Waals surface area (Å²) in [5.74, 6) is 0. The van der Waals surface area contributed by atoms with Crippen molar-refractivity contribution in [3.63, 3.8) is 0 Å². The van der Waals surface area contributed by atoms with Gasteiger partial charge in [0.15, 0.2) is 0 Å². The molecule has 0 aliphatic rings. The maximum absolute atomic E-state index is 2.36. The lowest BCUT2D eigenvalue weighted by Gasteiger charge is -2.19. The van der Waals surface area contributed by atoms with Gasteiger partial charge in [0.25, 0.3) is 0 Å². The molecule has 0 fully saturated rings. The smallest absolute Gasteiger partial charge is 0.0132 e. The minimum absolute atomic E-state index is 0.212. The predicted molar refractivity (Wildman–Crippen MR) is 127 cm³/mol. The van der Waals surface area contributed by atoms with Gasteiger partial charge in [-0.15, -0.1) is 0 Å². The Morgan fingerprint density at radius 3 is 1.11 bits per heavy atom. The van der Waals surface area contributed by atoms with Gasteiger partial charge in [-0.05, 0) is 70.9 Å². The molecule has 0 saturated carbocycles. The van der Waals surface area contributed by atoms with Gasteiger partial charge in [-0.3, -0.25) is 0 Å². The highest BCUT2D eigenvalue weighted by Gasteiger charge is 2.13. The predicted octanol–water partition coefficient (Wildman–Crippen LogP) is 8.57. The fourth-order valence-electron chi connectivity index (χ4n) is 3.30. The van der Waals surface area contributed by atoms with Crippen LogP contribution >= 0.6 is 0 Å². The summed E-state index contributed by atoms with van der Waals surface area (Å²) in [6.45, 7) is 18.0. The normalized spacial score (nSPS) is 13.7. The molecule has 0 spiro atoms. The van der Waals surface area contributed by atoms with Crippen LogP contribution in [-0.2, 0) is 10.8 Å². The van der Waals surface area contributed by atoms with Gasteiger partial charge in [-0.1, -0.05) is 102 Å². The van der Waals surface area contributed by atoms with Crippen molar-refractivity contribution in [3.05, 3.63) is 82.9 Å². The van der Waals surface area contributed by atoms with Crippen LogP contribution in [0.1, 0.15) is 90.5 Å².